The van der Waals surface area contributed by atoms with Crippen LogP contribution in [0.5, 0.6) is 11.5 Å². The summed E-state index contributed by atoms with van der Waals surface area (Å²) < 4.78 is 12.2. The van der Waals surface area contributed by atoms with Gasteiger partial charge in [0.2, 0.25) is 0 Å². The summed E-state index contributed by atoms with van der Waals surface area (Å²) in [6, 6.07) is 11.5. The van der Waals surface area contributed by atoms with Crippen LogP contribution in [0.4, 0.5) is 0 Å². The number of nitrogens with zero attached hydrogens (tertiary/aromatic N) is 1. The molecule has 0 heterocycles. The van der Waals surface area contributed by atoms with Gasteiger partial charge in [0.25, 0.3) is 5.91 Å². The Hall–Kier alpha value is -2.34. The zero-order chi connectivity index (χ0) is 19.6. The van der Waals surface area contributed by atoms with Crippen LogP contribution >= 0.6 is 15.9 Å². The topological polar surface area (TPSA) is 59.9 Å². The second-order valence-electron chi connectivity index (χ2n) is 6.22. The van der Waals surface area contributed by atoms with Crippen molar-refractivity contribution in [2.75, 3.05) is 13.2 Å². The predicted octanol–water partition coefficient (Wildman–Crippen LogP) is 4.77. The van der Waals surface area contributed by atoms with Gasteiger partial charge in [0.05, 0.1) is 12.8 Å². The minimum absolute atomic E-state index is 0.0924. The average molecular weight is 433 g/mol. The van der Waals surface area contributed by atoms with Crippen LogP contribution < -0.4 is 14.9 Å². The van der Waals surface area contributed by atoms with Gasteiger partial charge in [-0.1, -0.05) is 29.3 Å². The molecule has 0 aromatic heterocycles. The number of benzene rings is 2. The van der Waals surface area contributed by atoms with Crippen molar-refractivity contribution in [3.63, 3.8) is 0 Å². The molecule has 0 unspecified atom stereocenters. The number of carbonyl (C=O) groups excluding carboxylic acids is 1. The summed E-state index contributed by atoms with van der Waals surface area (Å²) in [5.41, 5.74) is 5.29. The first-order chi connectivity index (χ1) is 13.0. The lowest BCUT2D eigenvalue weighted by atomic mass is 10.1. The van der Waals surface area contributed by atoms with E-state index in [1.54, 1.807) is 6.21 Å². The molecule has 2 rings (SSSR count). The van der Waals surface area contributed by atoms with Crippen molar-refractivity contribution >= 4 is 28.1 Å². The van der Waals surface area contributed by atoms with Gasteiger partial charge in [-0.3, -0.25) is 4.79 Å². The molecule has 0 aliphatic carbocycles. The second-order valence-corrected chi connectivity index (χ2v) is 7.14. The van der Waals surface area contributed by atoms with Gasteiger partial charge >= 0.3 is 0 Å². The second kappa shape index (κ2) is 10.7. The Balaban J connectivity index is 1.80. The quantitative estimate of drug-likeness (QED) is 0.352. The van der Waals surface area contributed by atoms with Crippen molar-refractivity contribution in [2.24, 2.45) is 5.10 Å². The maximum Gasteiger partial charge on any atom is 0.277 e. The molecule has 0 saturated carbocycles. The third-order valence-electron chi connectivity index (χ3n) is 3.82. The molecule has 0 aliphatic heterocycles. The van der Waals surface area contributed by atoms with E-state index in [0.717, 1.165) is 52.1 Å². The monoisotopic (exact) mass is 432 g/mol. The van der Waals surface area contributed by atoms with Gasteiger partial charge in [0, 0.05) is 4.47 Å². The Morgan fingerprint density at radius 3 is 2.44 bits per heavy atom. The number of hydrazone groups is 1. The van der Waals surface area contributed by atoms with Crippen molar-refractivity contribution < 1.29 is 14.3 Å². The van der Waals surface area contributed by atoms with Crippen LogP contribution in [-0.2, 0) is 4.79 Å². The first-order valence-electron chi connectivity index (χ1n) is 8.94. The summed E-state index contributed by atoms with van der Waals surface area (Å²) in [4.78, 5) is 11.9. The molecule has 0 saturated heterocycles. The van der Waals surface area contributed by atoms with Gasteiger partial charge < -0.3 is 9.47 Å². The highest BCUT2D eigenvalue weighted by atomic mass is 79.9. The smallest absolute Gasteiger partial charge is 0.277 e. The fourth-order valence-corrected chi connectivity index (χ4v) is 3.15. The zero-order valence-electron chi connectivity index (χ0n) is 15.9. The van der Waals surface area contributed by atoms with Crippen molar-refractivity contribution in [3.8, 4) is 11.5 Å². The molecule has 2 aromatic carbocycles. The average Bonchev–Trinajstić information content (AvgIpc) is 2.62. The number of hydrogen-bond donors (Lipinski definition) is 1. The maximum absolute atomic E-state index is 11.9. The molecule has 144 valence electrons. The largest absolute Gasteiger partial charge is 0.494 e. The van der Waals surface area contributed by atoms with E-state index in [1.807, 2.05) is 50.2 Å². The fourth-order valence-electron chi connectivity index (χ4n) is 2.46. The van der Waals surface area contributed by atoms with Gasteiger partial charge in [-0.05, 0) is 73.4 Å². The van der Waals surface area contributed by atoms with E-state index < -0.39 is 0 Å². The molecule has 0 radical (unpaired) electrons. The number of rotatable bonds is 9. The molecule has 0 bridgehead atoms. The van der Waals surface area contributed by atoms with Crippen molar-refractivity contribution in [1.29, 1.82) is 0 Å². The lowest BCUT2D eigenvalue weighted by Crippen LogP contribution is -2.25. The predicted molar refractivity (Wildman–Crippen MR) is 112 cm³/mol. The minimum atomic E-state index is -0.313. The summed E-state index contributed by atoms with van der Waals surface area (Å²) in [5, 5.41) is 3.97. The molecule has 0 spiro atoms. The van der Waals surface area contributed by atoms with Gasteiger partial charge in [0.15, 0.2) is 6.61 Å². The number of aryl methyl sites for hydroxylation is 2. The van der Waals surface area contributed by atoms with Crippen molar-refractivity contribution in [2.45, 2.75) is 33.6 Å². The molecule has 1 amide bonds. The number of ether oxygens (including phenoxy) is 2. The van der Waals surface area contributed by atoms with E-state index in [-0.39, 0.29) is 12.5 Å². The van der Waals surface area contributed by atoms with Crippen LogP contribution in [-0.4, -0.2) is 25.3 Å². The van der Waals surface area contributed by atoms with Crippen LogP contribution in [0, 0.1) is 13.8 Å². The molecule has 2 aromatic rings. The van der Waals surface area contributed by atoms with Gasteiger partial charge in [-0.15, -0.1) is 0 Å². The zero-order valence-corrected chi connectivity index (χ0v) is 17.5. The Bertz CT molecular complexity index is 766. The highest BCUT2D eigenvalue weighted by molar-refractivity contribution is 9.10. The van der Waals surface area contributed by atoms with Gasteiger partial charge in [0.1, 0.15) is 11.5 Å². The molecule has 0 atom stereocenters. The third-order valence-corrected chi connectivity index (χ3v) is 4.28. The highest BCUT2D eigenvalue weighted by Crippen LogP contribution is 2.27. The molecule has 1 N–H and O–H groups in total. The minimum Gasteiger partial charge on any atom is -0.494 e. The van der Waals surface area contributed by atoms with E-state index in [4.69, 9.17) is 9.47 Å². The summed E-state index contributed by atoms with van der Waals surface area (Å²) in [6.07, 6.45) is 3.73. The summed E-state index contributed by atoms with van der Waals surface area (Å²) in [6.45, 7) is 6.64. The van der Waals surface area contributed by atoms with Crippen LogP contribution in [0.2, 0.25) is 0 Å². The van der Waals surface area contributed by atoms with Crippen LogP contribution in [0.15, 0.2) is 46.0 Å². The standard InChI is InChI=1S/C21H25BrN2O3/c1-4-5-10-26-19-8-6-17(7-9-19)13-23-24-20(25)14-27-21-15(2)11-18(22)12-16(21)3/h6-9,11-13H,4-5,10,14H2,1-3H3,(H,24,25)/b23-13+. The molecule has 6 heteroatoms. The summed E-state index contributed by atoms with van der Waals surface area (Å²) in [7, 11) is 0. The first kappa shape index (κ1) is 21.0. The summed E-state index contributed by atoms with van der Waals surface area (Å²) in [5.74, 6) is 1.24. The molecular weight excluding hydrogens is 408 g/mol. The summed E-state index contributed by atoms with van der Waals surface area (Å²) >= 11 is 3.44. The number of carbonyl (C=O) groups is 1. The van der Waals surface area contributed by atoms with Gasteiger partial charge in [-0.25, -0.2) is 5.43 Å². The fraction of sp³-hybridized carbons (Fsp3) is 0.333. The molecular formula is C21H25BrN2O3. The first-order valence-corrected chi connectivity index (χ1v) is 9.73. The van der Waals surface area contributed by atoms with E-state index in [9.17, 15) is 4.79 Å². The number of hydrogen-bond acceptors (Lipinski definition) is 4. The van der Waals surface area contributed by atoms with E-state index in [2.05, 4.69) is 33.4 Å². The lowest BCUT2D eigenvalue weighted by molar-refractivity contribution is -0.123. The number of amides is 1. The Morgan fingerprint density at radius 2 is 1.81 bits per heavy atom. The Morgan fingerprint density at radius 1 is 1.15 bits per heavy atom. The number of halogens is 1. The van der Waals surface area contributed by atoms with E-state index in [1.165, 1.54) is 0 Å². The number of nitrogens with one attached hydrogen (secondary N) is 1. The molecule has 27 heavy (non-hydrogen) atoms. The normalized spacial score (nSPS) is 10.8. The Labute approximate surface area is 168 Å². The molecule has 0 fully saturated rings. The molecule has 5 nitrogen and oxygen atoms in total. The molecule has 0 aliphatic rings. The lowest BCUT2D eigenvalue weighted by Gasteiger charge is -2.11. The maximum atomic E-state index is 11.9. The highest BCUT2D eigenvalue weighted by Gasteiger charge is 2.08. The van der Waals surface area contributed by atoms with Gasteiger partial charge in [-0.2, -0.15) is 5.10 Å². The van der Waals surface area contributed by atoms with E-state index >= 15 is 0 Å². The SMILES string of the molecule is CCCCOc1ccc(/C=N/NC(=O)COc2c(C)cc(Br)cc2C)cc1. The van der Waals surface area contributed by atoms with Crippen molar-refractivity contribution in [1.82, 2.24) is 5.43 Å². The van der Waals surface area contributed by atoms with E-state index in [0.29, 0.717) is 0 Å². The van der Waals surface area contributed by atoms with Crippen LogP contribution in [0.3, 0.4) is 0 Å². The van der Waals surface area contributed by atoms with Crippen LogP contribution in [0.25, 0.3) is 0 Å². The number of unbranched alkanes of at least 4 members (excludes halogenated alkanes) is 1. The van der Waals surface area contributed by atoms with Crippen LogP contribution in [0.1, 0.15) is 36.5 Å². The Kier molecular flexibility index (Phi) is 8.33. The van der Waals surface area contributed by atoms with Crippen molar-refractivity contribution in [3.05, 3.63) is 57.6 Å². The third kappa shape index (κ3) is 7.06.